The molecule has 4 N–H and O–H groups in total. The molecule has 0 bridgehead atoms. The van der Waals surface area contributed by atoms with Crippen LogP contribution in [0.4, 0.5) is 5.69 Å². The number of benzene rings is 2. The van der Waals surface area contributed by atoms with Crippen molar-refractivity contribution in [2.45, 2.75) is 18.6 Å². The number of aliphatic hydroxyl groups is 2. The number of hydrogen-bond donors (Lipinski definition) is 4. The zero-order valence-corrected chi connectivity index (χ0v) is 12.9. The van der Waals surface area contributed by atoms with Crippen LogP contribution in [0.3, 0.4) is 0 Å². The maximum Gasteiger partial charge on any atom is 0.195 e. The number of anilines is 1. The van der Waals surface area contributed by atoms with Crippen molar-refractivity contribution >= 4 is 24.1 Å². The third-order valence-electron chi connectivity index (χ3n) is 3.49. The minimum absolute atomic E-state index is 0.212. The van der Waals surface area contributed by atoms with Crippen LogP contribution in [0.2, 0.25) is 0 Å². The molecular formula is C17H19NO3S. The molecule has 22 heavy (non-hydrogen) atoms. The lowest BCUT2D eigenvalue weighted by Crippen LogP contribution is -2.19. The normalized spacial score (nSPS) is 13.6. The SMILES string of the molecule is Nc1ccc(C(O)C(O)CCS)cc1C(=O)c1ccccc1. The highest BCUT2D eigenvalue weighted by Gasteiger charge is 2.20. The summed E-state index contributed by atoms with van der Waals surface area (Å²) in [5.74, 6) is 0.249. The summed E-state index contributed by atoms with van der Waals surface area (Å²) in [6.45, 7) is 0. The molecule has 0 heterocycles. The molecular weight excluding hydrogens is 298 g/mol. The molecule has 0 saturated heterocycles. The second-order valence-electron chi connectivity index (χ2n) is 5.07. The number of thiol groups is 1. The average Bonchev–Trinajstić information content (AvgIpc) is 2.55. The Morgan fingerprint density at radius 2 is 1.82 bits per heavy atom. The van der Waals surface area contributed by atoms with E-state index in [1.54, 1.807) is 36.4 Å². The first-order valence-electron chi connectivity index (χ1n) is 7.00. The van der Waals surface area contributed by atoms with E-state index in [2.05, 4.69) is 12.6 Å². The molecule has 2 atom stereocenters. The van der Waals surface area contributed by atoms with Crippen molar-refractivity contribution in [2.24, 2.45) is 0 Å². The van der Waals surface area contributed by atoms with Gasteiger partial charge in [-0.25, -0.2) is 0 Å². The summed E-state index contributed by atoms with van der Waals surface area (Å²) in [6, 6.07) is 13.5. The first-order chi connectivity index (χ1) is 10.5. The van der Waals surface area contributed by atoms with Crippen LogP contribution < -0.4 is 5.73 Å². The molecule has 0 aliphatic heterocycles. The lowest BCUT2D eigenvalue weighted by atomic mass is 9.95. The summed E-state index contributed by atoms with van der Waals surface area (Å²) in [7, 11) is 0. The second kappa shape index (κ2) is 7.45. The Morgan fingerprint density at radius 3 is 2.45 bits per heavy atom. The van der Waals surface area contributed by atoms with E-state index in [0.29, 0.717) is 34.6 Å². The minimum atomic E-state index is -1.07. The molecule has 0 spiro atoms. The lowest BCUT2D eigenvalue weighted by Gasteiger charge is -2.18. The van der Waals surface area contributed by atoms with Gasteiger partial charge >= 0.3 is 0 Å². The van der Waals surface area contributed by atoms with E-state index >= 15 is 0 Å². The Morgan fingerprint density at radius 1 is 1.14 bits per heavy atom. The molecule has 0 aromatic heterocycles. The van der Waals surface area contributed by atoms with Crippen LogP contribution in [-0.4, -0.2) is 27.9 Å². The Bertz CT molecular complexity index is 646. The highest BCUT2D eigenvalue weighted by atomic mass is 32.1. The fourth-order valence-corrected chi connectivity index (χ4v) is 2.48. The van der Waals surface area contributed by atoms with E-state index < -0.39 is 12.2 Å². The highest BCUT2D eigenvalue weighted by molar-refractivity contribution is 7.80. The maximum absolute atomic E-state index is 12.5. The third kappa shape index (κ3) is 3.68. The topological polar surface area (TPSA) is 83.6 Å². The first-order valence-corrected chi connectivity index (χ1v) is 7.64. The van der Waals surface area contributed by atoms with Crippen LogP contribution in [0.25, 0.3) is 0 Å². The van der Waals surface area contributed by atoms with Crippen LogP contribution in [0.5, 0.6) is 0 Å². The molecule has 5 heteroatoms. The largest absolute Gasteiger partial charge is 0.398 e. The molecule has 116 valence electrons. The van der Waals surface area contributed by atoms with E-state index in [9.17, 15) is 15.0 Å². The number of rotatable bonds is 6. The standard InChI is InChI=1S/C17H19NO3S/c18-14-7-6-12(17(21)15(19)8-9-22)10-13(14)16(20)11-4-2-1-3-5-11/h1-7,10,15,17,19,21-22H,8-9,18H2. The second-order valence-corrected chi connectivity index (χ2v) is 5.51. The van der Waals surface area contributed by atoms with Gasteiger partial charge in [0.15, 0.2) is 5.78 Å². The van der Waals surface area contributed by atoms with E-state index in [-0.39, 0.29) is 5.78 Å². The lowest BCUT2D eigenvalue weighted by molar-refractivity contribution is 0.0172. The van der Waals surface area contributed by atoms with Gasteiger partial charge in [-0.3, -0.25) is 4.79 Å². The molecule has 0 aliphatic carbocycles. The summed E-state index contributed by atoms with van der Waals surface area (Å²) in [6.07, 6.45) is -1.65. The van der Waals surface area contributed by atoms with Crippen molar-refractivity contribution in [2.75, 3.05) is 11.5 Å². The Balaban J connectivity index is 2.33. The van der Waals surface area contributed by atoms with Gasteiger partial charge in [0, 0.05) is 16.8 Å². The monoisotopic (exact) mass is 317 g/mol. The molecule has 4 nitrogen and oxygen atoms in total. The van der Waals surface area contributed by atoms with Gasteiger partial charge in [-0.15, -0.1) is 0 Å². The highest BCUT2D eigenvalue weighted by Crippen LogP contribution is 2.25. The van der Waals surface area contributed by atoms with Crippen molar-refractivity contribution in [3.63, 3.8) is 0 Å². The molecule has 0 saturated carbocycles. The molecule has 0 radical (unpaired) electrons. The molecule has 0 fully saturated rings. The zero-order valence-electron chi connectivity index (χ0n) is 12.0. The van der Waals surface area contributed by atoms with Gasteiger partial charge in [-0.1, -0.05) is 36.4 Å². The van der Waals surface area contributed by atoms with Crippen LogP contribution >= 0.6 is 12.6 Å². The fourth-order valence-electron chi connectivity index (χ4n) is 2.21. The van der Waals surface area contributed by atoms with E-state index in [1.807, 2.05) is 6.07 Å². The number of aliphatic hydroxyl groups excluding tert-OH is 2. The summed E-state index contributed by atoms with van der Waals surface area (Å²) in [4.78, 5) is 12.5. The molecule has 0 aliphatic rings. The number of carbonyl (C=O) groups is 1. The summed E-state index contributed by atoms with van der Waals surface area (Å²) >= 11 is 4.04. The van der Waals surface area contributed by atoms with Crippen LogP contribution in [0.15, 0.2) is 48.5 Å². The molecule has 2 unspecified atom stereocenters. The number of nitrogen functional groups attached to an aromatic ring is 1. The molecule has 2 aromatic carbocycles. The maximum atomic E-state index is 12.5. The number of ketones is 1. The van der Waals surface area contributed by atoms with Crippen molar-refractivity contribution in [1.29, 1.82) is 0 Å². The van der Waals surface area contributed by atoms with E-state index in [0.717, 1.165) is 0 Å². The first kappa shape index (κ1) is 16.5. The van der Waals surface area contributed by atoms with Gasteiger partial charge in [0.2, 0.25) is 0 Å². The number of hydrogen-bond acceptors (Lipinski definition) is 5. The molecule has 2 rings (SSSR count). The average molecular weight is 317 g/mol. The quantitative estimate of drug-likeness (QED) is 0.374. The minimum Gasteiger partial charge on any atom is -0.398 e. The summed E-state index contributed by atoms with van der Waals surface area (Å²) in [5.41, 5.74) is 7.53. The number of nitrogens with two attached hydrogens (primary N) is 1. The van der Waals surface area contributed by atoms with Crippen molar-refractivity contribution in [3.05, 3.63) is 65.2 Å². The van der Waals surface area contributed by atoms with Crippen molar-refractivity contribution in [1.82, 2.24) is 0 Å². The predicted octanol–water partition coefficient (Wildman–Crippen LogP) is 2.21. The van der Waals surface area contributed by atoms with Crippen molar-refractivity contribution < 1.29 is 15.0 Å². The smallest absolute Gasteiger partial charge is 0.195 e. The van der Waals surface area contributed by atoms with Gasteiger partial charge in [-0.2, -0.15) is 12.6 Å². The van der Waals surface area contributed by atoms with Gasteiger partial charge < -0.3 is 15.9 Å². The Labute approximate surface area is 135 Å². The molecule has 2 aromatic rings. The summed E-state index contributed by atoms with van der Waals surface area (Å²) < 4.78 is 0. The van der Waals surface area contributed by atoms with Gasteiger partial charge in [0.05, 0.1) is 6.10 Å². The van der Waals surface area contributed by atoms with Crippen LogP contribution in [0, 0.1) is 0 Å². The van der Waals surface area contributed by atoms with Crippen LogP contribution in [0.1, 0.15) is 34.0 Å². The van der Waals surface area contributed by atoms with E-state index in [4.69, 9.17) is 5.73 Å². The van der Waals surface area contributed by atoms with Gasteiger partial charge in [-0.05, 0) is 29.9 Å². The Hall–Kier alpha value is -1.82. The number of carbonyl (C=O) groups excluding carboxylic acids is 1. The third-order valence-corrected chi connectivity index (χ3v) is 3.75. The van der Waals surface area contributed by atoms with Gasteiger partial charge in [0.25, 0.3) is 0 Å². The predicted molar refractivity (Wildman–Crippen MR) is 90.2 cm³/mol. The van der Waals surface area contributed by atoms with Crippen LogP contribution in [-0.2, 0) is 0 Å². The van der Waals surface area contributed by atoms with E-state index in [1.165, 1.54) is 6.07 Å². The van der Waals surface area contributed by atoms with Crippen molar-refractivity contribution in [3.8, 4) is 0 Å². The summed E-state index contributed by atoms with van der Waals surface area (Å²) in [5, 5.41) is 20.0. The fraction of sp³-hybridized carbons (Fsp3) is 0.235. The molecule has 0 amide bonds. The van der Waals surface area contributed by atoms with Gasteiger partial charge in [0.1, 0.15) is 6.10 Å². The Kier molecular flexibility index (Phi) is 5.60. The zero-order chi connectivity index (χ0) is 16.1.